The van der Waals surface area contributed by atoms with E-state index in [1.807, 2.05) is 24.3 Å². The molecule has 0 saturated carbocycles. The first-order valence-corrected chi connectivity index (χ1v) is 7.66. The standard InChI is InChI=1S/C18H25NO2/c1-4-17(16-9-5-6-10-18(16)20-3)19-14(2)11-12-15-8-7-13-21-15/h5-10,13-14,17,19H,4,11-12H2,1-3H3. The molecule has 2 unspecified atom stereocenters. The maximum absolute atomic E-state index is 5.47. The normalized spacial score (nSPS) is 13.9. The van der Waals surface area contributed by atoms with E-state index in [0.717, 1.165) is 30.8 Å². The summed E-state index contributed by atoms with van der Waals surface area (Å²) in [6, 6.07) is 12.9. The fourth-order valence-electron chi connectivity index (χ4n) is 2.62. The predicted octanol–water partition coefficient (Wildman–Crippen LogP) is 4.35. The van der Waals surface area contributed by atoms with Crippen molar-refractivity contribution < 1.29 is 9.15 Å². The molecule has 1 heterocycles. The van der Waals surface area contributed by atoms with Crippen molar-refractivity contribution >= 4 is 0 Å². The molecule has 0 aliphatic carbocycles. The lowest BCUT2D eigenvalue weighted by Crippen LogP contribution is -2.30. The molecule has 0 amide bonds. The summed E-state index contributed by atoms with van der Waals surface area (Å²) < 4.78 is 10.9. The van der Waals surface area contributed by atoms with Gasteiger partial charge in [0.15, 0.2) is 0 Å². The number of hydrogen-bond donors (Lipinski definition) is 1. The average molecular weight is 287 g/mol. The summed E-state index contributed by atoms with van der Waals surface area (Å²) in [5.41, 5.74) is 1.23. The Labute approximate surface area is 127 Å². The predicted molar refractivity (Wildman–Crippen MR) is 85.7 cm³/mol. The number of aryl methyl sites for hydroxylation is 1. The number of rotatable bonds is 8. The Bertz CT molecular complexity index is 522. The van der Waals surface area contributed by atoms with Gasteiger partial charge >= 0.3 is 0 Å². The largest absolute Gasteiger partial charge is 0.496 e. The van der Waals surface area contributed by atoms with Gasteiger partial charge in [-0.3, -0.25) is 0 Å². The van der Waals surface area contributed by atoms with Gasteiger partial charge in [0.1, 0.15) is 11.5 Å². The maximum atomic E-state index is 5.47. The van der Waals surface area contributed by atoms with Crippen LogP contribution in [0.25, 0.3) is 0 Å². The van der Waals surface area contributed by atoms with Crippen LogP contribution in [-0.4, -0.2) is 13.2 Å². The number of ether oxygens (including phenoxy) is 1. The molecule has 2 rings (SSSR count). The molecule has 114 valence electrons. The molecule has 0 bridgehead atoms. The zero-order valence-corrected chi connectivity index (χ0v) is 13.1. The number of para-hydroxylation sites is 1. The molecule has 0 aliphatic rings. The van der Waals surface area contributed by atoms with E-state index in [1.165, 1.54) is 5.56 Å². The van der Waals surface area contributed by atoms with Gasteiger partial charge in [0.05, 0.1) is 13.4 Å². The Kier molecular flexibility index (Phi) is 5.88. The third-order valence-electron chi connectivity index (χ3n) is 3.81. The van der Waals surface area contributed by atoms with Crippen LogP contribution >= 0.6 is 0 Å². The Morgan fingerprint density at radius 3 is 2.67 bits per heavy atom. The molecule has 0 aliphatic heterocycles. The van der Waals surface area contributed by atoms with E-state index in [4.69, 9.17) is 9.15 Å². The number of nitrogens with one attached hydrogen (secondary N) is 1. The van der Waals surface area contributed by atoms with Gasteiger partial charge in [0, 0.05) is 24.1 Å². The minimum absolute atomic E-state index is 0.313. The first-order valence-electron chi connectivity index (χ1n) is 7.66. The highest BCUT2D eigenvalue weighted by Gasteiger charge is 2.16. The van der Waals surface area contributed by atoms with Gasteiger partial charge in [0.25, 0.3) is 0 Å². The lowest BCUT2D eigenvalue weighted by atomic mass is 10.0. The van der Waals surface area contributed by atoms with Gasteiger partial charge in [-0.2, -0.15) is 0 Å². The smallest absolute Gasteiger partial charge is 0.123 e. The van der Waals surface area contributed by atoms with Gasteiger partial charge in [0.2, 0.25) is 0 Å². The lowest BCUT2D eigenvalue weighted by Gasteiger charge is -2.24. The van der Waals surface area contributed by atoms with Crippen LogP contribution in [0.5, 0.6) is 5.75 Å². The van der Waals surface area contributed by atoms with Crippen LogP contribution in [-0.2, 0) is 6.42 Å². The molecule has 0 fully saturated rings. The zero-order chi connectivity index (χ0) is 15.1. The second kappa shape index (κ2) is 7.89. The second-order valence-corrected chi connectivity index (χ2v) is 5.39. The summed E-state index contributed by atoms with van der Waals surface area (Å²) in [5, 5.41) is 3.70. The SMILES string of the molecule is CCC(NC(C)CCc1ccco1)c1ccccc1OC. The molecule has 2 aromatic rings. The minimum Gasteiger partial charge on any atom is -0.496 e. The first kappa shape index (κ1) is 15.6. The highest BCUT2D eigenvalue weighted by atomic mass is 16.5. The Morgan fingerprint density at radius 2 is 2.00 bits per heavy atom. The van der Waals surface area contributed by atoms with Crippen molar-refractivity contribution in [3.05, 3.63) is 54.0 Å². The molecular formula is C18H25NO2. The third-order valence-corrected chi connectivity index (χ3v) is 3.81. The van der Waals surface area contributed by atoms with Crippen molar-refractivity contribution in [3.63, 3.8) is 0 Å². The van der Waals surface area contributed by atoms with Crippen LogP contribution in [0.3, 0.4) is 0 Å². The molecule has 0 saturated heterocycles. The molecule has 3 nitrogen and oxygen atoms in total. The van der Waals surface area contributed by atoms with Crippen molar-refractivity contribution in [3.8, 4) is 5.75 Å². The van der Waals surface area contributed by atoms with Crippen LogP contribution in [0.2, 0.25) is 0 Å². The van der Waals surface area contributed by atoms with Crippen molar-refractivity contribution in [1.29, 1.82) is 0 Å². The fraction of sp³-hybridized carbons (Fsp3) is 0.444. The summed E-state index contributed by atoms with van der Waals surface area (Å²) in [7, 11) is 1.73. The number of hydrogen-bond acceptors (Lipinski definition) is 3. The van der Waals surface area contributed by atoms with E-state index in [2.05, 4.69) is 31.3 Å². The van der Waals surface area contributed by atoms with Crippen LogP contribution in [0.1, 0.15) is 44.1 Å². The monoisotopic (exact) mass is 287 g/mol. The zero-order valence-electron chi connectivity index (χ0n) is 13.1. The average Bonchev–Trinajstić information content (AvgIpc) is 3.04. The molecule has 1 aromatic heterocycles. The van der Waals surface area contributed by atoms with E-state index in [9.17, 15) is 0 Å². The molecule has 3 heteroatoms. The molecular weight excluding hydrogens is 262 g/mol. The summed E-state index contributed by atoms with van der Waals surface area (Å²) >= 11 is 0. The number of methoxy groups -OCH3 is 1. The molecule has 21 heavy (non-hydrogen) atoms. The Morgan fingerprint density at radius 1 is 1.19 bits per heavy atom. The number of furan rings is 1. The first-order chi connectivity index (χ1) is 10.2. The topological polar surface area (TPSA) is 34.4 Å². The van der Waals surface area contributed by atoms with Crippen LogP contribution in [0.4, 0.5) is 0 Å². The van der Waals surface area contributed by atoms with Gasteiger partial charge in [-0.25, -0.2) is 0 Å². The number of benzene rings is 1. The summed E-state index contributed by atoms with van der Waals surface area (Å²) in [4.78, 5) is 0. The highest BCUT2D eigenvalue weighted by Crippen LogP contribution is 2.27. The lowest BCUT2D eigenvalue weighted by molar-refractivity contribution is 0.378. The van der Waals surface area contributed by atoms with Gasteiger partial charge < -0.3 is 14.5 Å². The van der Waals surface area contributed by atoms with Crippen molar-refractivity contribution in [2.24, 2.45) is 0 Å². The quantitative estimate of drug-likeness (QED) is 0.783. The van der Waals surface area contributed by atoms with Crippen LogP contribution < -0.4 is 10.1 Å². The van der Waals surface area contributed by atoms with E-state index < -0.39 is 0 Å². The summed E-state index contributed by atoms with van der Waals surface area (Å²) in [6.45, 7) is 4.42. The second-order valence-electron chi connectivity index (χ2n) is 5.39. The van der Waals surface area contributed by atoms with E-state index in [0.29, 0.717) is 12.1 Å². The fourth-order valence-corrected chi connectivity index (χ4v) is 2.62. The molecule has 1 N–H and O–H groups in total. The molecule has 0 spiro atoms. The molecule has 2 atom stereocenters. The van der Waals surface area contributed by atoms with Gasteiger partial charge in [-0.1, -0.05) is 25.1 Å². The molecule has 1 aromatic carbocycles. The Balaban J connectivity index is 1.94. The van der Waals surface area contributed by atoms with Gasteiger partial charge in [-0.05, 0) is 38.0 Å². The van der Waals surface area contributed by atoms with Crippen LogP contribution in [0.15, 0.2) is 47.1 Å². The minimum atomic E-state index is 0.313. The van der Waals surface area contributed by atoms with Crippen LogP contribution in [0, 0.1) is 0 Å². The Hall–Kier alpha value is -1.74. The van der Waals surface area contributed by atoms with E-state index >= 15 is 0 Å². The van der Waals surface area contributed by atoms with E-state index in [1.54, 1.807) is 13.4 Å². The summed E-state index contributed by atoms with van der Waals surface area (Å²) in [6.07, 6.45) is 4.78. The van der Waals surface area contributed by atoms with Gasteiger partial charge in [-0.15, -0.1) is 0 Å². The summed E-state index contributed by atoms with van der Waals surface area (Å²) in [5.74, 6) is 2.00. The highest BCUT2D eigenvalue weighted by molar-refractivity contribution is 5.35. The third kappa shape index (κ3) is 4.36. The molecule has 0 radical (unpaired) electrons. The van der Waals surface area contributed by atoms with Crippen molar-refractivity contribution in [2.45, 2.75) is 45.2 Å². The maximum Gasteiger partial charge on any atom is 0.123 e. The van der Waals surface area contributed by atoms with Crippen molar-refractivity contribution in [2.75, 3.05) is 7.11 Å². The van der Waals surface area contributed by atoms with Crippen molar-refractivity contribution in [1.82, 2.24) is 5.32 Å². The van der Waals surface area contributed by atoms with E-state index in [-0.39, 0.29) is 0 Å².